The van der Waals surface area contributed by atoms with Crippen molar-refractivity contribution in [3.05, 3.63) is 12.4 Å². The Hall–Kier alpha value is -2.05. The van der Waals surface area contributed by atoms with Gasteiger partial charge in [0.05, 0.1) is 6.61 Å². The lowest BCUT2D eigenvalue weighted by molar-refractivity contribution is 0.0164. The molecule has 1 amide bonds. The van der Waals surface area contributed by atoms with Gasteiger partial charge in [0.1, 0.15) is 17.7 Å². The van der Waals surface area contributed by atoms with Gasteiger partial charge in [0.25, 0.3) is 0 Å². The van der Waals surface area contributed by atoms with Gasteiger partial charge in [-0.05, 0) is 53.4 Å². The molecular weight excluding hydrogens is 332 g/mol. The summed E-state index contributed by atoms with van der Waals surface area (Å²) >= 11 is 0. The van der Waals surface area contributed by atoms with E-state index in [2.05, 4.69) is 28.7 Å². The minimum absolute atomic E-state index is 0.225. The molecule has 1 aromatic heterocycles. The molecule has 0 aromatic carbocycles. The van der Waals surface area contributed by atoms with E-state index in [9.17, 15) is 4.79 Å². The minimum atomic E-state index is -0.452. The zero-order valence-electron chi connectivity index (χ0n) is 16.7. The van der Waals surface area contributed by atoms with Crippen molar-refractivity contribution >= 4 is 11.9 Å². The maximum Gasteiger partial charge on any atom is 0.410 e. The lowest BCUT2D eigenvalue weighted by atomic mass is 9.98. The van der Waals surface area contributed by atoms with Crippen LogP contribution in [0.25, 0.3) is 0 Å². The largest absolute Gasteiger partial charge is 0.477 e. The van der Waals surface area contributed by atoms with Gasteiger partial charge >= 0.3 is 6.09 Å². The van der Waals surface area contributed by atoms with Crippen molar-refractivity contribution in [3.8, 4) is 5.88 Å². The van der Waals surface area contributed by atoms with Gasteiger partial charge in [-0.25, -0.2) is 14.8 Å². The lowest BCUT2D eigenvalue weighted by Crippen LogP contribution is -2.42. The second-order valence-corrected chi connectivity index (χ2v) is 7.61. The number of ether oxygens (including phenoxy) is 2. The van der Waals surface area contributed by atoms with Crippen molar-refractivity contribution in [3.63, 3.8) is 0 Å². The summed E-state index contributed by atoms with van der Waals surface area (Å²) in [5.41, 5.74) is -0.452. The third-order valence-corrected chi connectivity index (χ3v) is 4.45. The van der Waals surface area contributed by atoms with Gasteiger partial charge in [0.2, 0.25) is 5.88 Å². The second kappa shape index (κ2) is 9.05. The summed E-state index contributed by atoms with van der Waals surface area (Å²) in [4.78, 5) is 24.6. The number of piperidine rings is 1. The Bertz CT molecular complexity index is 576. The summed E-state index contributed by atoms with van der Waals surface area (Å²) in [6.45, 7) is 13.7. The molecule has 0 bridgehead atoms. The Morgan fingerprint density at radius 1 is 1.23 bits per heavy atom. The maximum absolute atomic E-state index is 12.1. The lowest BCUT2D eigenvalue weighted by Gasteiger charge is -2.33. The molecule has 7 nitrogen and oxygen atoms in total. The first-order valence-electron chi connectivity index (χ1n) is 9.50. The van der Waals surface area contributed by atoms with Crippen molar-refractivity contribution < 1.29 is 14.3 Å². The summed E-state index contributed by atoms with van der Waals surface area (Å²) in [5.74, 6) is 1.91. The van der Waals surface area contributed by atoms with Crippen LogP contribution in [0.1, 0.15) is 47.5 Å². The third-order valence-electron chi connectivity index (χ3n) is 4.45. The van der Waals surface area contributed by atoms with Crippen LogP contribution in [-0.2, 0) is 4.74 Å². The number of carbonyl (C=O) groups excluding carboxylic acids is 1. The third kappa shape index (κ3) is 6.04. The molecule has 1 aliphatic heterocycles. The van der Waals surface area contributed by atoms with Crippen LogP contribution in [0, 0.1) is 5.92 Å². The Balaban J connectivity index is 1.80. The Morgan fingerprint density at radius 2 is 1.88 bits per heavy atom. The highest BCUT2D eigenvalue weighted by Crippen LogP contribution is 2.22. The standard InChI is InChI=1S/C19H32N4O3/c1-6-22(7-2)16-12-17(21-14-20-16)25-13-15-8-10-23(11-9-15)18(24)26-19(3,4)5/h12,14-15H,6-11,13H2,1-5H3. The predicted molar refractivity (Wildman–Crippen MR) is 102 cm³/mol. The number of nitrogens with zero attached hydrogens (tertiary/aromatic N) is 4. The Morgan fingerprint density at radius 3 is 2.46 bits per heavy atom. The zero-order chi connectivity index (χ0) is 19.2. The van der Waals surface area contributed by atoms with E-state index in [-0.39, 0.29) is 6.09 Å². The van der Waals surface area contributed by atoms with Gasteiger partial charge in [-0.2, -0.15) is 0 Å². The molecule has 0 N–H and O–H groups in total. The molecule has 7 heteroatoms. The van der Waals surface area contributed by atoms with Crippen molar-refractivity contribution in [1.82, 2.24) is 14.9 Å². The molecule has 0 radical (unpaired) electrons. The van der Waals surface area contributed by atoms with E-state index in [1.807, 2.05) is 26.8 Å². The number of hydrogen-bond donors (Lipinski definition) is 0. The van der Waals surface area contributed by atoms with Crippen LogP contribution in [-0.4, -0.2) is 59.3 Å². The van der Waals surface area contributed by atoms with E-state index >= 15 is 0 Å². The molecule has 0 unspecified atom stereocenters. The molecule has 1 aromatic rings. The van der Waals surface area contributed by atoms with Crippen LogP contribution in [0.15, 0.2) is 12.4 Å². The Labute approximate surface area is 156 Å². The number of anilines is 1. The van der Waals surface area contributed by atoms with Crippen LogP contribution < -0.4 is 9.64 Å². The topological polar surface area (TPSA) is 67.8 Å². The van der Waals surface area contributed by atoms with Gasteiger partial charge in [0, 0.05) is 32.2 Å². The summed E-state index contributed by atoms with van der Waals surface area (Å²) in [7, 11) is 0. The first-order valence-corrected chi connectivity index (χ1v) is 9.50. The van der Waals surface area contributed by atoms with E-state index in [1.165, 1.54) is 0 Å². The summed E-state index contributed by atoms with van der Waals surface area (Å²) in [6, 6.07) is 1.89. The predicted octanol–water partition coefficient (Wildman–Crippen LogP) is 3.35. The highest BCUT2D eigenvalue weighted by Gasteiger charge is 2.27. The van der Waals surface area contributed by atoms with E-state index in [0.29, 0.717) is 31.5 Å². The number of likely N-dealkylation sites (tertiary alicyclic amines) is 1. The Kier molecular flexibility index (Phi) is 7.06. The first kappa shape index (κ1) is 20.3. The fourth-order valence-corrected chi connectivity index (χ4v) is 2.94. The molecule has 0 saturated carbocycles. The van der Waals surface area contributed by atoms with E-state index in [0.717, 1.165) is 31.7 Å². The molecule has 146 valence electrons. The summed E-state index contributed by atoms with van der Waals surface area (Å²) in [6.07, 6.45) is 3.14. The number of rotatable bonds is 6. The normalized spacial score (nSPS) is 15.7. The van der Waals surface area contributed by atoms with Crippen molar-refractivity contribution in [2.24, 2.45) is 5.92 Å². The summed E-state index contributed by atoms with van der Waals surface area (Å²) in [5, 5.41) is 0. The van der Waals surface area contributed by atoms with E-state index in [1.54, 1.807) is 11.2 Å². The van der Waals surface area contributed by atoms with Crippen molar-refractivity contribution in [1.29, 1.82) is 0 Å². The quantitative estimate of drug-likeness (QED) is 0.771. The van der Waals surface area contributed by atoms with Gasteiger partial charge < -0.3 is 19.3 Å². The average Bonchev–Trinajstić information content (AvgIpc) is 2.60. The molecular formula is C19H32N4O3. The van der Waals surface area contributed by atoms with Gasteiger partial charge in [-0.3, -0.25) is 0 Å². The van der Waals surface area contributed by atoms with Crippen LogP contribution in [0.4, 0.5) is 10.6 Å². The molecule has 1 aliphatic rings. The average molecular weight is 364 g/mol. The maximum atomic E-state index is 12.1. The first-order chi connectivity index (χ1) is 12.3. The van der Waals surface area contributed by atoms with Crippen LogP contribution in [0.2, 0.25) is 0 Å². The highest BCUT2D eigenvalue weighted by molar-refractivity contribution is 5.68. The molecule has 1 saturated heterocycles. The van der Waals surface area contributed by atoms with Crippen molar-refractivity contribution in [2.45, 2.75) is 53.1 Å². The van der Waals surface area contributed by atoms with E-state index < -0.39 is 5.60 Å². The molecule has 2 rings (SSSR count). The SMILES string of the molecule is CCN(CC)c1cc(OCC2CCN(C(=O)OC(C)(C)C)CC2)ncn1. The van der Waals surface area contributed by atoms with Crippen LogP contribution in [0.5, 0.6) is 5.88 Å². The fourth-order valence-electron chi connectivity index (χ4n) is 2.94. The van der Waals surface area contributed by atoms with Gasteiger partial charge in [-0.15, -0.1) is 0 Å². The second-order valence-electron chi connectivity index (χ2n) is 7.61. The van der Waals surface area contributed by atoms with Crippen LogP contribution >= 0.6 is 0 Å². The minimum Gasteiger partial charge on any atom is -0.477 e. The summed E-state index contributed by atoms with van der Waals surface area (Å²) < 4.78 is 11.3. The fraction of sp³-hybridized carbons (Fsp3) is 0.737. The van der Waals surface area contributed by atoms with E-state index in [4.69, 9.17) is 9.47 Å². The molecule has 1 fully saturated rings. The zero-order valence-corrected chi connectivity index (χ0v) is 16.7. The highest BCUT2D eigenvalue weighted by atomic mass is 16.6. The number of amides is 1. The monoisotopic (exact) mass is 364 g/mol. The molecule has 0 spiro atoms. The molecule has 0 atom stereocenters. The molecule has 26 heavy (non-hydrogen) atoms. The molecule has 2 heterocycles. The molecule has 0 aliphatic carbocycles. The number of hydrogen-bond acceptors (Lipinski definition) is 6. The number of aromatic nitrogens is 2. The van der Waals surface area contributed by atoms with Crippen molar-refractivity contribution in [2.75, 3.05) is 37.7 Å². The van der Waals surface area contributed by atoms with Gasteiger partial charge in [0.15, 0.2) is 0 Å². The number of carbonyl (C=O) groups is 1. The smallest absolute Gasteiger partial charge is 0.410 e. The van der Waals surface area contributed by atoms with Gasteiger partial charge in [-0.1, -0.05) is 0 Å². The van der Waals surface area contributed by atoms with Crippen LogP contribution in [0.3, 0.4) is 0 Å².